The summed E-state index contributed by atoms with van der Waals surface area (Å²) < 4.78 is 5.49. The van der Waals surface area contributed by atoms with Gasteiger partial charge in [-0.25, -0.2) is 0 Å². The Morgan fingerprint density at radius 2 is 2.07 bits per heavy atom. The quantitative estimate of drug-likeness (QED) is 0.754. The Kier molecular flexibility index (Phi) is 4.14. The molecule has 15 heavy (non-hydrogen) atoms. The van der Waals surface area contributed by atoms with Gasteiger partial charge in [-0.15, -0.1) is 0 Å². The fraction of sp³-hybridized carbons (Fsp3) is 0.417. The third-order valence-electron chi connectivity index (χ3n) is 2.15. The SMILES string of the molecule is CCOc1ccccc1C(C#N)N(C)C. The summed E-state index contributed by atoms with van der Waals surface area (Å²) in [6.07, 6.45) is 0. The molecule has 0 radical (unpaired) electrons. The molecule has 0 aliphatic heterocycles. The smallest absolute Gasteiger partial charge is 0.126 e. The summed E-state index contributed by atoms with van der Waals surface area (Å²) in [5.74, 6) is 0.792. The van der Waals surface area contributed by atoms with Gasteiger partial charge >= 0.3 is 0 Å². The van der Waals surface area contributed by atoms with Crippen LogP contribution in [0.3, 0.4) is 0 Å². The van der Waals surface area contributed by atoms with Gasteiger partial charge in [0.15, 0.2) is 0 Å². The maximum absolute atomic E-state index is 9.10. The fourth-order valence-corrected chi connectivity index (χ4v) is 1.46. The summed E-state index contributed by atoms with van der Waals surface area (Å²) in [7, 11) is 3.77. The molecule has 3 nitrogen and oxygen atoms in total. The zero-order chi connectivity index (χ0) is 11.3. The molecule has 1 aromatic carbocycles. The van der Waals surface area contributed by atoms with Crippen LogP contribution in [0.4, 0.5) is 0 Å². The minimum absolute atomic E-state index is 0.257. The number of para-hydroxylation sites is 1. The maximum Gasteiger partial charge on any atom is 0.126 e. The topological polar surface area (TPSA) is 36.3 Å². The van der Waals surface area contributed by atoms with Crippen molar-refractivity contribution in [3.05, 3.63) is 29.8 Å². The van der Waals surface area contributed by atoms with Crippen LogP contribution in [0.25, 0.3) is 0 Å². The molecule has 0 spiro atoms. The summed E-state index contributed by atoms with van der Waals surface area (Å²) >= 11 is 0. The van der Waals surface area contributed by atoms with E-state index in [0.717, 1.165) is 11.3 Å². The van der Waals surface area contributed by atoms with Crippen molar-refractivity contribution in [2.24, 2.45) is 0 Å². The average Bonchev–Trinajstić information content (AvgIpc) is 2.21. The first-order valence-electron chi connectivity index (χ1n) is 4.98. The molecule has 0 saturated carbocycles. The predicted molar refractivity (Wildman–Crippen MR) is 59.7 cm³/mol. The highest BCUT2D eigenvalue weighted by atomic mass is 16.5. The van der Waals surface area contributed by atoms with Gasteiger partial charge in [-0.3, -0.25) is 4.90 Å². The molecule has 1 unspecified atom stereocenters. The summed E-state index contributed by atoms with van der Waals surface area (Å²) in [4.78, 5) is 1.87. The van der Waals surface area contributed by atoms with E-state index >= 15 is 0 Å². The lowest BCUT2D eigenvalue weighted by atomic mass is 10.1. The minimum Gasteiger partial charge on any atom is -0.493 e. The summed E-state index contributed by atoms with van der Waals surface area (Å²) in [5.41, 5.74) is 0.923. The van der Waals surface area contributed by atoms with Crippen molar-refractivity contribution in [3.63, 3.8) is 0 Å². The van der Waals surface area contributed by atoms with E-state index in [0.29, 0.717) is 6.61 Å². The van der Waals surface area contributed by atoms with Crippen molar-refractivity contribution >= 4 is 0 Å². The van der Waals surface area contributed by atoms with Crippen LogP contribution < -0.4 is 4.74 Å². The molecule has 0 amide bonds. The van der Waals surface area contributed by atoms with Crippen molar-refractivity contribution < 1.29 is 4.74 Å². The number of ether oxygens (including phenoxy) is 1. The Bertz CT molecular complexity index is 355. The minimum atomic E-state index is -0.257. The van der Waals surface area contributed by atoms with Gasteiger partial charge in [-0.1, -0.05) is 18.2 Å². The second-order valence-electron chi connectivity index (χ2n) is 3.47. The highest BCUT2D eigenvalue weighted by Gasteiger charge is 2.16. The lowest BCUT2D eigenvalue weighted by molar-refractivity contribution is 0.312. The molecule has 1 aromatic rings. The molecular formula is C12H16N2O. The van der Waals surface area contributed by atoms with Crippen molar-refractivity contribution in [2.75, 3.05) is 20.7 Å². The van der Waals surface area contributed by atoms with E-state index in [9.17, 15) is 0 Å². The van der Waals surface area contributed by atoms with E-state index < -0.39 is 0 Å². The summed E-state index contributed by atoms with van der Waals surface area (Å²) in [5, 5.41) is 9.10. The van der Waals surface area contributed by atoms with E-state index in [1.807, 2.05) is 50.2 Å². The lowest BCUT2D eigenvalue weighted by Gasteiger charge is -2.20. The van der Waals surface area contributed by atoms with Gasteiger partial charge in [0.05, 0.1) is 12.7 Å². The van der Waals surface area contributed by atoms with Gasteiger partial charge in [0.2, 0.25) is 0 Å². The fourth-order valence-electron chi connectivity index (χ4n) is 1.46. The first-order valence-corrected chi connectivity index (χ1v) is 4.98. The molecule has 0 saturated heterocycles. The van der Waals surface area contributed by atoms with E-state index in [-0.39, 0.29) is 6.04 Å². The van der Waals surface area contributed by atoms with Crippen LogP contribution in [0.5, 0.6) is 5.75 Å². The molecule has 0 aliphatic rings. The van der Waals surface area contributed by atoms with E-state index in [1.54, 1.807) is 0 Å². The lowest BCUT2D eigenvalue weighted by Crippen LogP contribution is -2.19. The number of hydrogen-bond acceptors (Lipinski definition) is 3. The van der Waals surface area contributed by atoms with Crippen LogP contribution in [0.2, 0.25) is 0 Å². The van der Waals surface area contributed by atoms with Gasteiger partial charge in [0.1, 0.15) is 11.8 Å². The molecule has 0 aliphatic carbocycles. The van der Waals surface area contributed by atoms with Crippen molar-refractivity contribution in [1.82, 2.24) is 4.90 Å². The molecule has 0 bridgehead atoms. The third kappa shape index (κ3) is 2.71. The third-order valence-corrected chi connectivity index (χ3v) is 2.15. The van der Waals surface area contributed by atoms with Crippen LogP contribution >= 0.6 is 0 Å². The van der Waals surface area contributed by atoms with Crippen LogP contribution in [0.15, 0.2) is 24.3 Å². The molecule has 80 valence electrons. The first-order chi connectivity index (χ1) is 7.20. The largest absolute Gasteiger partial charge is 0.493 e. The molecule has 3 heteroatoms. The molecule has 1 atom stereocenters. The van der Waals surface area contributed by atoms with Crippen molar-refractivity contribution in [2.45, 2.75) is 13.0 Å². The summed E-state index contributed by atoms with van der Waals surface area (Å²) in [6.45, 7) is 2.55. The van der Waals surface area contributed by atoms with Crippen molar-refractivity contribution in [3.8, 4) is 11.8 Å². The van der Waals surface area contributed by atoms with Gasteiger partial charge in [-0.2, -0.15) is 5.26 Å². The molecule has 0 fully saturated rings. The van der Waals surface area contributed by atoms with Gasteiger partial charge in [0, 0.05) is 5.56 Å². The molecule has 0 aromatic heterocycles. The second kappa shape index (κ2) is 5.38. The Labute approximate surface area is 90.9 Å². The molecular weight excluding hydrogens is 188 g/mol. The molecule has 0 N–H and O–H groups in total. The zero-order valence-electron chi connectivity index (χ0n) is 9.40. The molecule has 1 rings (SSSR count). The van der Waals surface area contributed by atoms with Crippen LogP contribution in [-0.4, -0.2) is 25.6 Å². The molecule has 0 heterocycles. The first kappa shape index (κ1) is 11.5. The Hall–Kier alpha value is -1.53. The number of nitriles is 1. The zero-order valence-corrected chi connectivity index (χ0v) is 9.40. The second-order valence-corrected chi connectivity index (χ2v) is 3.47. The number of benzene rings is 1. The highest BCUT2D eigenvalue weighted by Crippen LogP contribution is 2.27. The van der Waals surface area contributed by atoms with Gasteiger partial charge in [0.25, 0.3) is 0 Å². The van der Waals surface area contributed by atoms with E-state index in [1.165, 1.54) is 0 Å². The average molecular weight is 204 g/mol. The van der Waals surface area contributed by atoms with Gasteiger partial charge in [-0.05, 0) is 27.1 Å². The predicted octanol–water partition coefficient (Wildman–Crippen LogP) is 2.21. The van der Waals surface area contributed by atoms with Crippen LogP contribution in [0, 0.1) is 11.3 Å². The van der Waals surface area contributed by atoms with Crippen LogP contribution in [-0.2, 0) is 0 Å². The van der Waals surface area contributed by atoms with E-state index in [2.05, 4.69) is 6.07 Å². The summed E-state index contributed by atoms with van der Waals surface area (Å²) in [6, 6.07) is 9.67. The number of nitrogens with zero attached hydrogens (tertiary/aromatic N) is 2. The Morgan fingerprint density at radius 3 is 2.60 bits per heavy atom. The van der Waals surface area contributed by atoms with E-state index in [4.69, 9.17) is 10.00 Å². The van der Waals surface area contributed by atoms with Crippen LogP contribution in [0.1, 0.15) is 18.5 Å². The standard InChI is InChI=1S/C12H16N2O/c1-4-15-12-8-6-5-7-10(12)11(9-13)14(2)3/h5-8,11H,4H2,1-3H3. The van der Waals surface area contributed by atoms with Gasteiger partial charge < -0.3 is 4.74 Å². The monoisotopic (exact) mass is 204 g/mol. The number of hydrogen-bond donors (Lipinski definition) is 0. The highest BCUT2D eigenvalue weighted by molar-refractivity contribution is 5.38. The maximum atomic E-state index is 9.10. The normalized spacial score (nSPS) is 12.2. The van der Waals surface area contributed by atoms with Crippen molar-refractivity contribution in [1.29, 1.82) is 5.26 Å². The Morgan fingerprint density at radius 1 is 1.40 bits per heavy atom. The number of rotatable bonds is 4. The Balaban J connectivity index is 3.06.